The number of carbonyl (C=O) groups excluding carboxylic acids is 2. The van der Waals surface area contributed by atoms with Gasteiger partial charge in [0.05, 0.1) is 18.1 Å². The summed E-state index contributed by atoms with van der Waals surface area (Å²) in [5.41, 5.74) is -0.708. The number of unbranched alkanes of at least 4 members (excludes halogenated alkanes) is 1. The highest BCUT2D eigenvalue weighted by molar-refractivity contribution is 7.72. The second kappa shape index (κ2) is 13.0. The highest BCUT2D eigenvalue weighted by Gasteiger charge is 2.64. The molecule has 0 radical (unpaired) electrons. The van der Waals surface area contributed by atoms with E-state index in [-0.39, 0.29) is 66.7 Å². The average molecular weight is 681 g/mol. The Morgan fingerprint density at radius 1 is 0.800 bits per heavy atom. The van der Waals surface area contributed by atoms with Gasteiger partial charge in [-0.3, -0.25) is 18.7 Å². The van der Waals surface area contributed by atoms with Crippen LogP contribution in [-0.4, -0.2) is 69.5 Å². The molecule has 14 heteroatoms. The molecule has 0 amide bonds. The summed E-state index contributed by atoms with van der Waals surface area (Å²) in [6, 6.07) is 0. The number of ether oxygens (including phenoxy) is 1. The Kier molecular flexibility index (Phi) is 10.7. The third kappa shape index (κ3) is 7.20. The van der Waals surface area contributed by atoms with Crippen molar-refractivity contribution < 1.29 is 58.3 Å². The first-order valence-electron chi connectivity index (χ1n) is 16.5. The van der Waals surface area contributed by atoms with Crippen LogP contribution in [0.25, 0.3) is 0 Å². The van der Waals surface area contributed by atoms with Gasteiger partial charge in [-0.25, -0.2) is 0 Å². The molecule has 0 aromatic rings. The summed E-state index contributed by atoms with van der Waals surface area (Å²) >= 11 is 0. The minimum Gasteiger partial charge on any atom is -0.462 e. The molecule has 4 saturated carbocycles. The molecule has 0 spiro atoms. The normalized spacial score (nSPS) is 37.4. The molecule has 4 aliphatic carbocycles. The van der Waals surface area contributed by atoms with Crippen LogP contribution in [0.1, 0.15) is 118 Å². The maximum Gasteiger partial charge on any atom is 0.369 e. The van der Waals surface area contributed by atoms with Gasteiger partial charge in [-0.15, -0.1) is 0 Å². The molecular weight excluding hydrogens is 626 g/mol. The highest BCUT2D eigenvalue weighted by Crippen LogP contribution is 2.70. The molecule has 0 saturated heterocycles. The van der Waals surface area contributed by atoms with Gasteiger partial charge >= 0.3 is 21.2 Å². The van der Waals surface area contributed by atoms with Gasteiger partial charge in [0.15, 0.2) is 0 Å². The van der Waals surface area contributed by atoms with Crippen molar-refractivity contribution in [2.24, 2.45) is 40.4 Å². The van der Waals surface area contributed by atoms with Crippen molar-refractivity contribution in [2.45, 2.75) is 140 Å². The van der Waals surface area contributed by atoms with E-state index in [1.807, 2.05) is 13.8 Å². The van der Waals surface area contributed by atoms with Crippen molar-refractivity contribution in [1.29, 1.82) is 0 Å². The zero-order valence-corrected chi connectivity index (χ0v) is 28.8. The molecule has 4 rings (SSSR count). The van der Waals surface area contributed by atoms with Gasteiger partial charge in [0.2, 0.25) is 0 Å². The topological polar surface area (TPSA) is 219 Å². The smallest absolute Gasteiger partial charge is 0.369 e. The lowest BCUT2D eigenvalue weighted by atomic mass is 9.43. The fourth-order valence-corrected chi connectivity index (χ4v) is 12.5. The van der Waals surface area contributed by atoms with Crippen LogP contribution in [0.4, 0.5) is 0 Å². The van der Waals surface area contributed by atoms with Gasteiger partial charge in [0, 0.05) is 12.8 Å². The number of aliphatic hydroxyl groups excluding tert-OH is 1. The van der Waals surface area contributed by atoms with E-state index in [9.17, 15) is 53.6 Å². The lowest BCUT2D eigenvalue weighted by Crippen LogP contribution is -2.59. The summed E-state index contributed by atoms with van der Waals surface area (Å²) in [7, 11) is -11.1. The molecule has 0 aliphatic heterocycles. The Morgan fingerprint density at radius 2 is 1.40 bits per heavy atom. The number of fused-ring (bicyclic) bond motifs is 5. The van der Waals surface area contributed by atoms with Crippen molar-refractivity contribution in [3.8, 4) is 0 Å². The first-order chi connectivity index (χ1) is 20.5. The Hall–Kier alpha value is -0.680. The molecule has 0 aromatic heterocycles. The van der Waals surface area contributed by atoms with Crippen LogP contribution >= 0.6 is 15.2 Å². The van der Waals surface area contributed by atoms with E-state index in [0.717, 1.165) is 38.5 Å². The largest absolute Gasteiger partial charge is 0.462 e. The molecule has 7 N–H and O–H groups in total. The van der Waals surface area contributed by atoms with E-state index in [0.29, 0.717) is 30.6 Å². The van der Waals surface area contributed by atoms with Crippen molar-refractivity contribution in [3.63, 3.8) is 0 Å². The number of carbonyl (C=O) groups is 2. The predicted molar refractivity (Wildman–Crippen MR) is 165 cm³/mol. The van der Waals surface area contributed by atoms with Crippen LogP contribution in [0.2, 0.25) is 0 Å². The van der Waals surface area contributed by atoms with Gasteiger partial charge in [-0.2, -0.15) is 0 Å². The molecule has 0 aromatic carbocycles. The lowest BCUT2D eigenvalue weighted by Gasteiger charge is -2.62. The molecule has 4 aliphatic rings. The molecule has 260 valence electrons. The quantitative estimate of drug-likeness (QED) is 0.0876. The van der Waals surface area contributed by atoms with Gasteiger partial charge in [0.25, 0.3) is 5.08 Å². The van der Waals surface area contributed by atoms with Crippen molar-refractivity contribution in [1.82, 2.24) is 0 Å². The van der Waals surface area contributed by atoms with E-state index < -0.39 is 44.4 Å². The van der Waals surface area contributed by atoms with Gasteiger partial charge in [0.1, 0.15) is 11.9 Å². The van der Waals surface area contributed by atoms with E-state index in [2.05, 4.69) is 13.8 Å². The van der Waals surface area contributed by atoms with Crippen LogP contribution in [0.3, 0.4) is 0 Å². The fourth-order valence-electron chi connectivity index (χ4n) is 10.3. The summed E-state index contributed by atoms with van der Waals surface area (Å²) in [6.07, 6.45) is 4.89. The molecular formula is C31H54O12P2. The fraction of sp³-hybridized carbons (Fsp3) is 0.935. The Bertz CT molecular complexity index is 1180. The van der Waals surface area contributed by atoms with Crippen LogP contribution in [-0.2, 0) is 23.5 Å². The highest BCUT2D eigenvalue weighted by atomic mass is 31.2. The molecule has 12 nitrogen and oxygen atoms in total. The van der Waals surface area contributed by atoms with Crippen LogP contribution in [0.5, 0.6) is 0 Å². The van der Waals surface area contributed by atoms with E-state index in [4.69, 9.17) is 4.74 Å². The SMILES string of the molecule is CC(C)(O)[C@H]1CC[C@H]2[C@@H]3C[C@H](O)[C@H]4C[C@@H](OC(=O)CCC(=O)CCCCC(O)(P(=O)(O)O)P(=O)(O)O)CC[C@]4(C)[C@H]3CC[C@]12C. The molecule has 0 bridgehead atoms. The van der Waals surface area contributed by atoms with Gasteiger partial charge in [-0.1, -0.05) is 13.8 Å². The third-order valence-corrected chi connectivity index (χ3v) is 16.4. The first kappa shape index (κ1) is 37.1. The molecule has 45 heavy (non-hydrogen) atoms. The number of hydrogen-bond donors (Lipinski definition) is 7. The zero-order chi connectivity index (χ0) is 33.8. The molecule has 4 fully saturated rings. The number of ketones is 1. The maximum atomic E-state index is 12.7. The zero-order valence-electron chi connectivity index (χ0n) is 27.0. The number of Topliss-reactive ketones (excluding diaryl/α,β-unsaturated/α-hetero) is 1. The molecule has 0 heterocycles. The molecule has 9 atom stereocenters. The molecule has 0 unspecified atom stereocenters. The minimum absolute atomic E-state index is 0.0164. The van der Waals surface area contributed by atoms with E-state index >= 15 is 0 Å². The third-order valence-electron chi connectivity index (χ3n) is 12.5. The number of hydrogen-bond acceptors (Lipinski definition) is 8. The second-order valence-corrected chi connectivity index (χ2v) is 19.6. The Morgan fingerprint density at radius 3 is 2.00 bits per heavy atom. The summed E-state index contributed by atoms with van der Waals surface area (Å²) in [5, 5.41) is 28.8. The average Bonchev–Trinajstić information content (AvgIpc) is 3.27. The predicted octanol–water partition coefficient (Wildman–Crippen LogP) is 4.21. The Balaban J connectivity index is 1.25. The van der Waals surface area contributed by atoms with E-state index in [1.54, 1.807) is 0 Å². The summed E-state index contributed by atoms with van der Waals surface area (Å²) in [4.78, 5) is 61.8. The standard InChI is InChI=1S/C31H54O12P2/c1-28(2,35)26-10-9-22-21-18-25(33)24-17-20(12-15-29(24,3)23(21)13-16-30(22,26)4)43-27(34)11-8-19(32)7-5-6-14-31(36,44(37,38)39)45(40,41)42/h20-26,33,35-36H,5-18H2,1-4H3,(H2,37,38,39)(H2,40,41,42)/t20-,21-,22-,23-,24+,25-,26+,29+,30-/m0/s1. The van der Waals surface area contributed by atoms with Crippen LogP contribution in [0.15, 0.2) is 0 Å². The number of aliphatic hydroxyl groups is 3. The van der Waals surface area contributed by atoms with Crippen molar-refractivity contribution in [3.05, 3.63) is 0 Å². The second-order valence-electron chi connectivity index (χ2n) is 15.6. The summed E-state index contributed by atoms with van der Waals surface area (Å²) < 4.78 is 28.7. The minimum atomic E-state index is -5.53. The summed E-state index contributed by atoms with van der Waals surface area (Å²) in [6.45, 7) is 8.52. The van der Waals surface area contributed by atoms with Crippen molar-refractivity contribution >= 4 is 26.9 Å². The van der Waals surface area contributed by atoms with E-state index in [1.165, 1.54) is 0 Å². The monoisotopic (exact) mass is 680 g/mol. The summed E-state index contributed by atoms with van der Waals surface area (Å²) in [5.74, 6) is 0.837. The van der Waals surface area contributed by atoms with Gasteiger partial charge < -0.3 is 39.6 Å². The number of rotatable bonds is 12. The lowest BCUT2D eigenvalue weighted by molar-refractivity contribution is -0.186. The number of esters is 1. The first-order valence-corrected chi connectivity index (χ1v) is 19.7. The van der Waals surface area contributed by atoms with Crippen LogP contribution in [0, 0.1) is 40.4 Å². The van der Waals surface area contributed by atoms with Crippen LogP contribution < -0.4 is 0 Å². The maximum absolute atomic E-state index is 12.7. The van der Waals surface area contributed by atoms with Crippen molar-refractivity contribution in [2.75, 3.05) is 0 Å². The van der Waals surface area contributed by atoms with Gasteiger partial charge in [-0.05, 0) is 125 Å². The Labute approximate surface area is 266 Å².